The second kappa shape index (κ2) is 10.8. The molecule has 192 valence electrons. The van der Waals surface area contributed by atoms with Gasteiger partial charge in [-0.15, -0.1) is 11.3 Å². The molecule has 0 unspecified atom stereocenters. The molecule has 8 nitrogen and oxygen atoms in total. The Morgan fingerprint density at radius 3 is 2.57 bits per heavy atom. The number of urea groups is 1. The Morgan fingerprint density at radius 1 is 1.14 bits per heavy atom. The monoisotopic (exact) mass is 538 g/mol. The number of thiazole rings is 1. The first-order chi connectivity index (χ1) is 18.0. The van der Waals surface area contributed by atoms with E-state index in [-0.39, 0.29) is 11.9 Å². The Balaban J connectivity index is 1.25. The lowest BCUT2D eigenvalue weighted by Gasteiger charge is -2.31. The van der Waals surface area contributed by atoms with Gasteiger partial charge in [0.1, 0.15) is 23.0 Å². The van der Waals surface area contributed by atoms with Crippen molar-refractivity contribution in [1.29, 1.82) is 0 Å². The Morgan fingerprint density at radius 2 is 1.86 bits per heavy atom. The van der Waals surface area contributed by atoms with E-state index in [9.17, 15) is 4.79 Å². The summed E-state index contributed by atoms with van der Waals surface area (Å²) in [6.07, 6.45) is 1.66. The molecule has 1 aliphatic rings. The van der Waals surface area contributed by atoms with Crippen LogP contribution in [-0.2, 0) is 0 Å². The molecule has 37 heavy (non-hydrogen) atoms. The third-order valence-corrected chi connectivity index (χ3v) is 7.84. The van der Waals surface area contributed by atoms with Crippen LogP contribution in [0.5, 0.6) is 11.5 Å². The van der Waals surface area contributed by atoms with Crippen LogP contribution in [0.15, 0.2) is 52.4 Å². The van der Waals surface area contributed by atoms with Crippen molar-refractivity contribution in [2.75, 3.05) is 32.6 Å². The highest BCUT2D eigenvalue weighted by molar-refractivity contribution is 7.10. The summed E-state index contributed by atoms with van der Waals surface area (Å²) >= 11 is 7.89. The summed E-state index contributed by atoms with van der Waals surface area (Å²) in [5.74, 6) is 2.00. The molecule has 10 heteroatoms. The van der Waals surface area contributed by atoms with Crippen molar-refractivity contribution in [2.45, 2.75) is 25.7 Å². The lowest BCUT2D eigenvalue weighted by molar-refractivity contribution is 0.194. The number of piperidine rings is 1. The molecule has 0 aliphatic carbocycles. The van der Waals surface area contributed by atoms with Gasteiger partial charge in [-0.1, -0.05) is 47.1 Å². The van der Waals surface area contributed by atoms with Crippen LogP contribution in [0.3, 0.4) is 0 Å². The highest BCUT2D eigenvalue weighted by Crippen LogP contribution is 2.39. The zero-order valence-corrected chi connectivity index (χ0v) is 22.4. The summed E-state index contributed by atoms with van der Waals surface area (Å²) in [6, 6.07) is 13.1. The number of amides is 2. The highest BCUT2D eigenvalue weighted by atomic mass is 35.5. The first kappa shape index (κ1) is 25.1. The number of benzene rings is 2. The van der Waals surface area contributed by atoms with Gasteiger partial charge in [-0.2, -0.15) is 0 Å². The number of anilines is 1. The number of methoxy groups -OCH3 is 2. The number of likely N-dealkylation sites (tertiary alicyclic amines) is 1. The van der Waals surface area contributed by atoms with Gasteiger partial charge in [0.25, 0.3) is 0 Å². The van der Waals surface area contributed by atoms with Gasteiger partial charge in [-0.25, -0.2) is 9.78 Å². The molecule has 5 rings (SSSR count). The fourth-order valence-corrected chi connectivity index (χ4v) is 5.76. The first-order valence-electron chi connectivity index (χ1n) is 11.9. The maximum Gasteiger partial charge on any atom is 0.321 e. The van der Waals surface area contributed by atoms with Crippen LogP contribution < -0.4 is 14.8 Å². The SMILES string of the molecule is COc1cc(OC)c(NC(=O)N2CCC(c3nc(-c4c(-c5ccccc5)noc4C)cs3)CC2)cc1Cl. The van der Waals surface area contributed by atoms with Gasteiger partial charge in [0.05, 0.1) is 41.2 Å². The number of hydrogen-bond donors (Lipinski definition) is 1. The molecule has 4 aromatic rings. The van der Waals surface area contributed by atoms with E-state index in [4.69, 9.17) is 30.6 Å². The number of nitrogens with one attached hydrogen (secondary N) is 1. The van der Waals surface area contributed by atoms with E-state index < -0.39 is 0 Å². The minimum atomic E-state index is -0.189. The Hall–Kier alpha value is -3.56. The number of aromatic nitrogens is 2. The van der Waals surface area contributed by atoms with Crippen LogP contribution >= 0.6 is 22.9 Å². The Labute approximate surface area is 224 Å². The molecular formula is C27H27ClN4O4S. The number of halogens is 1. The van der Waals surface area contributed by atoms with E-state index >= 15 is 0 Å². The van der Waals surface area contributed by atoms with Gasteiger partial charge < -0.3 is 24.2 Å². The maximum atomic E-state index is 13.0. The van der Waals surface area contributed by atoms with Crippen molar-refractivity contribution in [2.24, 2.45) is 0 Å². The van der Waals surface area contributed by atoms with Crippen LogP contribution in [0.4, 0.5) is 10.5 Å². The van der Waals surface area contributed by atoms with E-state index in [2.05, 4.69) is 15.9 Å². The molecule has 1 fully saturated rings. The molecule has 0 radical (unpaired) electrons. The van der Waals surface area contributed by atoms with Crippen LogP contribution in [-0.4, -0.2) is 48.4 Å². The number of carbonyl (C=O) groups is 1. The molecule has 1 N–H and O–H groups in total. The average Bonchev–Trinajstić information content (AvgIpc) is 3.56. The van der Waals surface area contributed by atoms with E-state index in [0.29, 0.717) is 35.3 Å². The number of nitrogens with zero attached hydrogens (tertiary/aromatic N) is 3. The van der Waals surface area contributed by atoms with Crippen LogP contribution in [0.2, 0.25) is 5.02 Å². The predicted octanol–water partition coefficient (Wildman–Crippen LogP) is 6.86. The zero-order chi connectivity index (χ0) is 25.9. The van der Waals surface area contributed by atoms with E-state index in [1.165, 1.54) is 14.2 Å². The summed E-state index contributed by atoms with van der Waals surface area (Å²) in [5.41, 5.74) is 4.11. The van der Waals surface area contributed by atoms with Gasteiger partial charge in [0, 0.05) is 36.0 Å². The van der Waals surface area contributed by atoms with E-state index in [0.717, 1.165) is 46.1 Å². The molecule has 1 aliphatic heterocycles. The highest BCUT2D eigenvalue weighted by Gasteiger charge is 2.28. The second-order valence-corrected chi connectivity index (χ2v) is 10.1. The predicted molar refractivity (Wildman–Crippen MR) is 145 cm³/mol. The average molecular weight is 539 g/mol. The summed E-state index contributed by atoms with van der Waals surface area (Å²) in [5, 5.41) is 10.7. The van der Waals surface area contributed by atoms with Crippen molar-refractivity contribution in [1.82, 2.24) is 15.0 Å². The number of carbonyl (C=O) groups excluding carboxylic acids is 1. The van der Waals surface area contributed by atoms with Crippen molar-refractivity contribution in [3.8, 4) is 34.0 Å². The molecule has 2 aromatic carbocycles. The zero-order valence-electron chi connectivity index (χ0n) is 20.8. The lowest BCUT2D eigenvalue weighted by atomic mass is 9.97. The summed E-state index contributed by atoms with van der Waals surface area (Å²) < 4.78 is 16.1. The second-order valence-electron chi connectivity index (χ2n) is 8.78. The molecule has 1 saturated heterocycles. The molecule has 2 amide bonds. The van der Waals surface area contributed by atoms with E-state index in [1.54, 1.807) is 28.4 Å². The summed E-state index contributed by atoms with van der Waals surface area (Å²) in [7, 11) is 3.07. The van der Waals surface area contributed by atoms with Crippen LogP contribution in [0.25, 0.3) is 22.5 Å². The Kier molecular flexibility index (Phi) is 7.34. The number of rotatable bonds is 6. The molecule has 3 heterocycles. The largest absolute Gasteiger partial charge is 0.495 e. The van der Waals surface area contributed by atoms with Gasteiger partial charge in [-0.05, 0) is 25.8 Å². The van der Waals surface area contributed by atoms with Crippen LogP contribution in [0.1, 0.15) is 29.5 Å². The number of aryl methyl sites for hydroxylation is 1. The topological polar surface area (TPSA) is 89.7 Å². The molecular weight excluding hydrogens is 512 g/mol. The van der Waals surface area contributed by atoms with Gasteiger partial charge in [-0.3, -0.25) is 0 Å². The van der Waals surface area contributed by atoms with Crippen molar-refractivity contribution < 1.29 is 18.8 Å². The maximum absolute atomic E-state index is 13.0. The van der Waals surface area contributed by atoms with Gasteiger partial charge in [0.2, 0.25) is 0 Å². The molecule has 0 saturated carbocycles. The third-order valence-electron chi connectivity index (χ3n) is 6.53. The van der Waals surface area contributed by atoms with Crippen molar-refractivity contribution in [3.63, 3.8) is 0 Å². The molecule has 0 bridgehead atoms. The summed E-state index contributed by atoms with van der Waals surface area (Å²) in [6.45, 7) is 3.16. The summed E-state index contributed by atoms with van der Waals surface area (Å²) in [4.78, 5) is 19.7. The number of ether oxygens (including phenoxy) is 2. The Bertz CT molecular complexity index is 1400. The van der Waals surface area contributed by atoms with Crippen molar-refractivity contribution >= 4 is 34.7 Å². The lowest BCUT2D eigenvalue weighted by Crippen LogP contribution is -2.40. The fourth-order valence-electron chi connectivity index (χ4n) is 4.54. The van der Waals surface area contributed by atoms with Gasteiger partial charge >= 0.3 is 6.03 Å². The molecule has 2 aromatic heterocycles. The quantitative estimate of drug-likeness (QED) is 0.288. The molecule has 0 spiro atoms. The smallest absolute Gasteiger partial charge is 0.321 e. The van der Waals surface area contributed by atoms with Gasteiger partial charge in [0.15, 0.2) is 0 Å². The molecule has 0 atom stereocenters. The van der Waals surface area contributed by atoms with E-state index in [1.807, 2.05) is 37.3 Å². The standard InChI is InChI=1S/C27H27ClN4O4S/c1-16-24(25(31-36-16)17-7-5-4-6-8-17)21-15-37-26(29-21)18-9-11-32(12-10-18)27(33)30-20-13-19(28)22(34-2)14-23(20)35-3/h4-8,13-15,18H,9-12H2,1-3H3,(H,30,33). The van der Waals surface area contributed by atoms with Crippen molar-refractivity contribution in [3.05, 3.63) is 63.6 Å². The first-order valence-corrected chi connectivity index (χ1v) is 13.2. The third kappa shape index (κ3) is 5.14. The normalized spacial score (nSPS) is 14.0. The minimum absolute atomic E-state index is 0.189. The fraction of sp³-hybridized carbons (Fsp3) is 0.296. The number of hydrogen-bond acceptors (Lipinski definition) is 7. The minimum Gasteiger partial charge on any atom is -0.495 e. The van der Waals surface area contributed by atoms with Crippen LogP contribution in [0, 0.1) is 6.92 Å².